The van der Waals surface area contributed by atoms with Crippen LogP contribution in [0.15, 0.2) is 18.2 Å². The molecular formula is C17H25N3O3. The van der Waals surface area contributed by atoms with Crippen LogP contribution in [-0.2, 0) is 4.79 Å². The number of nitrogens with two attached hydrogens (primary N) is 1. The van der Waals surface area contributed by atoms with E-state index in [0.29, 0.717) is 12.5 Å². The highest BCUT2D eigenvalue weighted by atomic mass is 16.5. The Balaban J connectivity index is 1.58. The minimum Gasteiger partial charge on any atom is -0.497 e. The molecule has 2 fully saturated rings. The van der Waals surface area contributed by atoms with Gasteiger partial charge in [0.2, 0.25) is 5.91 Å². The molecule has 3 rings (SSSR count). The van der Waals surface area contributed by atoms with E-state index < -0.39 is 5.54 Å². The Hall–Kier alpha value is -1.95. The second-order valence-electron chi connectivity index (χ2n) is 6.54. The molecule has 6 nitrogen and oxygen atoms in total. The molecule has 126 valence electrons. The van der Waals surface area contributed by atoms with E-state index in [9.17, 15) is 4.79 Å². The van der Waals surface area contributed by atoms with Gasteiger partial charge in [-0.05, 0) is 25.2 Å². The predicted octanol–water partition coefficient (Wildman–Crippen LogP) is 1.14. The quantitative estimate of drug-likeness (QED) is 0.822. The van der Waals surface area contributed by atoms with Crippen LogP contribution in [0, 0.1) is 5.92 Å². The molecule has 3 N–H and O–H groups in total. The molecular weight excluding hydrogens is 294 g/mol. The molecule has 0 spiro atoms. The molecule has 1 heterocycles. The summed E-state index contributed by atoms with van der Waals surface area (Å²) in [5.41, 5.74) is 6.41. The number of methoxy groups -OCH3 is 2. The Kier molecular flexibility index (Phi) is 4.35. The number of nitrogens with zero attached hydrogens (tertiary/aromatic N) is 1. The third-order valence-corrected chi connectivity index (χ3v) is 4.78. The molecule has 1 aromatic rings. The van der Waals surface area contributed by atoms with Gasteiger partial charge in [-0.15, -0.1) is 0 Å². The number of amides is 1. The molecule has 0 radical (unpaired) electrons. The second kappa shape index (κ2) is 6.28. The molecule has 1 unspecified atom stereocenters. The number of nitrogens with one attached hydrogen (secondary N) is 1. The standard InChI is InChI=1S/C17H25N3O3/c1-22-14-7-13(8-15(9-14)23-2)20-6-3-12(11-20)10-19-16(21)17(18)4-5-17/h7-9,12H,3-6,10-11,18H2,1-2H3,(H,19,21). The van der Waals surface area contributed by atoms with Gasteiger partial charge < -0.3 is 25.4 Å². The third-order valence-electron chi connectivity index (χ3n) is 4.78. The zero-order valence-electron chi connectivity index (χ0n) is 13.8. The molecule has 1 aromatic carbocycles. The van der Waals surface area contributed by atoms with Gasteiger partial charge in [0.25, 0.3) is 0 Å². The van der Waals surface area contributed by atoms with Gasteiger partial charge in [0.1, 0.15) is 11.5 Å². The first-order chi connectivity index (χ1) is 11.0. The van der Waals surface area contributed by atoms with Crippen LogP contribution in [-0.4, -0.2) is 45.3 Å². The van der Waals surface area contributed by atoms with E-state index in [4.69, 9.17) is 15.2 Å². The van der Waals surface area contributed by atoms with Crippen LogP contribution in [0.5, 0.6) is 11.5 Å². The molecule has 1 aliphatic carbocycles. The van der Waals surface area contributed by atoms with Crippen LogP contribution < -0.4 is 25.4 Å². The van der Waals surface area contributed by atoms with Gasteiger partial charge in [-0.1, -0.05) is 0 Å². The van der Waals surface area contributed by atoms with E-state index in [1.807, 2.05) is 18.2 Å². The molecule has 2 aliphatic rings. The lowest BCUT2D eigenvalue weighted by Gasteiger charge is -2.20. The Labute approximate surface area is 136 Å². The summed E-state index contributed by atoms with van der Waals surface area (Å²) in [6.07, 6.45) is 2.66. The molecule has 1 saturated carbocycles. The molecule has 6 heteroatoms. The molecule has 0 bridgehead atoms. The Morgan fingerprint density at radius 2 is 1.96 bits per heavy atom. The number of carbonyl (C=O) groups excluding carboxylic acids is 1. The van der Waals surface area contributed by atoms with Gasteiger partial charge in [-0.2, -0.15) is 0 Å². The highest BCUT2D eigenvalue weighted by Crippen LogP contribution is 2.33. The lowest BCUT2D eigenvalue weighted by molar-refractivity contribution is -0.123. The van der Waals surface area contributed by atoms with Crippen molar-refractivity contribution in [2.45, 2.75) is 24.8 Å². The van der Waals surface area contributed by atoms with Crippen molar-refractivity contribution < 1.29 is 14.3 Å². The van der Waals surface area contributed by atoms with Gasteiger partial charge in [0.05, 0.1) is 19.8 Å². The van der Waals surface area contributed by atoms with E-state index in [1.165, 1.54) is 0 Å². The van der Waals surface area contributed by atoms with Gasteiger partial charge in [0.15, 0.2) is 0 Å². The van der Waals surface area contributed by atoms with Crippen molar-refractivity contribution in [1.82, 2.24) is 5.32 Å². The number of anilines is 1. The average Bonchev–Trinajstić information content (AvgIpc) is 3.15. The lowest BCUT2D eigenvalue weighted by Crippen LogP contribution is -2.44. The fourth-order valence-corrected chi connectivity index (χ4v) is 2.98. The monoisotopic (exact) mass is 319 g/mol. The summed E-state index contributed by atoms with van der Waals surface area (Å²) in [4.78, 5) is 14.2. The van der Waals surface area contributed by atoms with Crippen LogP contribution in [0.1, 0.15) is 19.3 Å². The van der Waals surface area contributed by atoms with Crippen molar-refractivity contribution in [3.63, 3.8) is 0 Å². The smallest absolute Gasteiger partial charge is 0.240 e. The maximum absolute atomic E-state index is 11.9. The van der Waals surface area contributed by atoms with Crippen LogP contribution in [0.2, 0.25) is 0 Å². The van der Waals surface area contributed by atoms with Crippen molar-refractivity contribution in [2.75, 3.05) is 38.8 Å². The first-order valence-corrected chi connectivity index (χ1v) is 8.09. The summed E-state index contributed by atoms with van der Waals surface area (Å²) < 4.78 is 10.7. The zero-order chi connectivity index (χ0) is 16.4. The number of hydrogen-bond donors (Lipinski definition) is 2. The molecule has 1 saturated heterocycles. The minimum atomic E-state index is -0.585. The molecule has 1 aliphatic heterocycles. The van der Waals surface area contributed by atoms with E-state index >= 15 is 0 Å². The summed E-state index contributed by atoms with van der Waals surface area (Å²) in [5, 5.41) is 3.00. The van der Waals surface area contributed by atoms with Crippen LogP contribution in [0.3, 0.4) is 0 Å². The summed E-state index contributed by atoms with van der Waals surface area (Å²) in [6, 6.07) is 5.90. The maximum atomic E-state index is 11.9. The largest absolute Gasteiger partial charge is 0.497 e. The highest BCUT2D eigenvalue weighted by molar-refractivity contribution is 5.88. The summed E-state index contributed by atoms with van der Waals surface area (Å²) in [6.45, 7) is 2.56. The Morgan fingerprint density at radius 1 is 1.30 bits per heavy atom. The number of rotatable bonds is 6. The Bertz CT molecular complexity index is 564. The van der Waals surface area contributed by atoms with Crippen LogP contribution >= 0.6 is 0 Å². The average molecular weight is 319 g/mol. The number of hydrogen-bond acceptors (Lipinski definition) is 5. The van der Waals surface area contributed by atoms with Gasteiger partial charge in [0, 0.05) is 43.5 Å². The fourth-order valence-electron chi connectivity index (χ4n) is 2.98. The van der Waals surface area contributed by atoms with Gasteiger partial charge in [-0.25, -0.2) is 0 Å². The number of ether oxygens (including phenoxy) is 2. The summed E-state index contributed by atoms with van der Waals surface area (Å²) in [7, 11) is 3.31. The lowest BCUT2D eigenvalue weighted by atomic mass is 10.1. The second-order valence-corrected chi connectivity index (χ2v) is 6.54. The van der Waals surface area contributed by atoms with Crippen molar-refractivity contribution in [1.29, 1.82) is 0 Å². The fraction of sp³-hybridized carbons (Fsp3) is 0.588. The Morgan fingerprint density at radius 3 is 2.52 bits per heavy atom. The predicted molar refractivity (Wildman–Crippen MR) is 89.0 cm³/mol. The summed E-state index contributed by atoms with van der Waals surface area (Å²) >= 11 is 0. The van der Waals surface area contributed by atoms with Crippen molar-refractivity contribution in [2.24, 2.45) is 11.7 Å². The van der Waals surface area contributed by atoms with E-state index in [0.717, 1.165) is 49.5 Å². The molecule has 1 atom stereocenters. The summed E-state index contributed by atoms with van der Waals surface area (Å²) in [5.74, 6) is 2.02. The minimum absolute atomic E-state index is 0.000926. The van der Waals surface area contributed by atoms with Gasteiger partial charge in [-0.3, -0.25) is 4.79 Å². The van der Waals surface area contributed by atoms with E-state index in [1.54, 1.807) is 14.2 Å². The highest BCUT2D eigenvalue weighted by Gasteiger charge is 2.45. The zero-order valence-corrected chi connectivity index (χ0v) is 13.8. The van der Waals surface area contributed by atoms with Crippen molar-refractivity contribution in [3.8, 4) is 11.5 Å². The van der Waals surface area contributed by atoms with Crippen LogP contribution in [0.25, 0.3) is 0 Å². The van der Waals surface area contributed by atoms with Gasteiger partial charge >= 0.3 is 0 Å². The molecule has 1 amide bonds. The van der Waals surface area contributed by atoms with E-state index in [-0.39, 0.29) is 5.91 Å². The molecule has 0 aromatic heterocycles. The van der Waals surface area contributed by atoms with Crippen molar-refractivity contribution in [3.05, 3.63) is 18.2 Å². The SMILES string of the molecule is COc1cc(OC)cc(N2CCC(CNC(=O)C3(N)CC3)C2)c1. The first-order valence-electron chi connectivity index (χ1n) is 8.09. The van der Waals surface area contributed by atoms with E-state index in [2.05, 4.69) is 10.2 Å². The third kappa shape index (κ3) is 3.52. The topological polar surface area (TPSA) is 76.8 Å². The number of carbonyl (C=O) groups is 1. The van der Waals surface area contributed by atoms with Crippen molar-refractivity contribution >= 4 is 11.6 Å². The number of benzene rings is 1. The molecule has 23 heavy (non-hydrogen) atoms. The normalized spacial score (nSPS) is 21.9. The van der Waals surface area contributed by atoms with Crippen LogP contribution in [0.4, 0.5) is 5.69 Å². The first kappa shape index (κ1) is 15.9. The maximum Gasteiger partial charge on any atom is 0.240 e.